The fourth-order valence-electron chi connectivity index (χ4n) is 5.71. The van der Waals surface area contributed by atoms with Gasteiger partial charge in [-0.3, -0.25) is 0 Å². The Morgan fingerprint density at radius 2 is 0.640 bits per heavy atom. The maximum Gasteiger partial charge on any atom is 0.495 e. The van der Waals surface area contributed by atoms with Crippen molar-refractivity contribution in [1.82, 2.24) is 0 Å². The lowest BCUT2D eigenvalue weighted by molar-refractivity contribution is 0.183. The first-order chi connectivity index (χ1) is 22.2. The molecule has 0 spiro atoms. The average Bonchev–Trinajstić information content (AvgIpc) is 3.04. The zero-order valence-electron chi connectivity index (χ0n) is 32.5. The third-order valence-corrected chi connectivity index (χ3v) is 14.2. The van der Waals surface area contributed by atoms with Crippen molar-refractivity contribution in [2.75, 3.05) is 14.2 Å². The highest BCUT2D eigenvalue weighted by atomic mass is 35.7. The molecule has 0 aliphatic carbocycles. The van der Waals surface area contributed by atoms with E-state index in [-0.39, 0.29) is 35.8 Å². The minimum absolute atomic E-state index is 0. The Kier molecular flexibility index (Phi) is 62.6. The van der Waals surface area contributed by atoms with Gasteiger partial charge >= 0.3 is 15.7 Å². The second-order valence-corrected chi connectivity index (χ2v) is 22.2. The maximum absolute atomic E-state index is 9.41. The maximum atomic E-state index is 9.41. The molecule has 6 nitrogen and oxygen atoms in total. The van der Waals surface area contributed by atoms with E-state index in [4.69, 9.17) is 31.0 Å². The van der Waals surface area contributed by atoms with Crippen LogP contribution in [-0.4, -0.2) is 50.5 Å². The number of hydrogen-bond donors (Lipinski definition) is 2. The van der Waals surface area contributed by atoms with Crippen LogP contribution in [0.25, 0.3) is 0 Å². The van der Waals surface area contributed by atoms with Crippen LogP contribution in [-0.2, 0) is 8.85 Å². The molecule has 0 rings (SSSR count). The van der Waals surface area contributed by atoms with E-state index in [1.807, 2.05) is 12.2 Å². The summed E-state index contributed by atoms with van der Waals surface area (Å²) in [7, 11) is -0.284. The van der Waals surface area contributed by atoms with E-state index in [1.54, 1.807) is 7.11 Å². The Morgan fingerprint density at radius 1 is 0.420 bits per heavy atom. The molecule has 308 valence electrons. The van der Waals surface area contributed by atoms with Crippen molar-refractivity contribution in [3.63, 3.8) is 0 Å². The van der Waals surface area contributed by atoms with E-state index in [0.717, 1.165) is 25.3 Å². The molecule has 0 amide bonds. The number of unbranched alkanes of at least 4 members (excludes halogenated alkanes) is 28. The molecule has 0 aliphatic heterocycles. The standard InChI is InChI=1S/C19H38Cl2OSi.C19H40O3Si.2ClH.2H2O/c2*1-3-4-5-6-7-8-9-10-11-12-13-14-15-16-17-18-19-23(20,21)22-2;;;;/h3H,1,4-19H2,2H3;3,20-21H,1,4-19H2,2H3;2*1H;2*1H2. The molecule has 0 fully saturated rings. The first-order valence-corrected chi connectivity index (χ1v) is 25.5. The van der Waals surface area contributed by atoms with E-state index >= 15 is 0 Å². The summed E-state index contributed by atoms with van der Waals surface area (Å²) < 4.78 is 9.84. The third kappa shape index (κ3) is 55.6. The van der Waals surface area contributed by atoms with E-state index in [9.17, 15) is 9.59 Å². The van der Waals surface area contributed by atoms with Gasteiger partial charge in [-0.15, -0.1) is 60.1 Å². The zero-order valence-corrected chi connectivity index (χ0v) is 37.6. The third-order valence-electron chi connectivity index (χ3n) is 8.91. The van der Waals surface area contributed by atoms with Gasteiger partial charge in [-0.25, -0.2) is 0 Å². The molecule has 6 N–H and O–H groups in total. The van der Waals surface area contributed by atoms with Crippen LogP contribution in [0.15, 0.2) is 25.3 Å². The highest BCUT2D eigenvalue weighted by molar-refractivity contribution is 7.42. The summed E-state index contributed by atoms with van der Waals surface area (Å²) in [5.41, 5.74) is 0. The fraction of sp³-hybridized carbons (Fsp3) is 0.895. The van der Waals surface area contributed by atoms with Crippen molar-refractivity contribution in [2.45, 2.75) is 205 Å². The second-order valence-electron chi connectivity index (χ2n) is 13.3. The smallest absolute Gasteiger partial charge is 0.412 e. The lowest BCUT2D eigenvalue weighted by Crippen LogP contribution is -2.37. The van der Waals surface area contributed by atoms with Gasteiger partial charge in [0, 0.05) is 20.3 Å². The molecule has 0 aliphatic rings. The molecule has 0 aromatic heterocycles. The predicted octanol–water partition coefficient (Wildman–Crippen LogP) is 12.9. The molecular weight excluding hydrogens is 750 g/mol. The average molecular weight is 835 g/mol. The summed E-state index contributed by atoms with van der Waals surface area (Å²) in [6, 6.07) is 1.30. The van der Waals surface area contributed by atoms with Crippen molar-refractivity contribution in [2.24, 2.45) is 0 Å². The molecule has 0 aromatic carbocycles. The first-order valence-electron chi connectivity index (χ1n) is 19.4. The SMILES string of the molecule is C=CCCCCCCCCCCCCCCCC[Si](Cl)(Cl)OC.C=CCCCCCCCCCCCCCCCC[Si](O)(O)OC.Cl.Cl.O.O. The van der Waals surface area contributed by atoms with E-state index in [1.165, 1.54) is 180 Å². The summed E-state index contributed by atoms with van der Waals surface area (Å²) in [4.78, 5) is 18.8. The summed E-state index contributed by atoms with van der Waals surface area (Å²) in [6.07, 6.45) is 43.6. The van der Waals surface area contributed by atoms with Crippen LogP contribution < -0.4 is 0 Å². The second kappa shape index (κ2) is 49.8. The normalized spacial score (nSPS) is 10.8. The molecule has 12 heteroatoms. The van der Waals surface area contributed by atoms with Gasteiger partial charge in [0.05, 0.1) is 0 Å². The van der Waals surface area contributed by atoms with Gasteiger partial charge in [0.1, 0.15) is 0 Å². The van der Waals surface area contributed by atoms with Gasteiger partial charge in [-0.2, -0.15) is 0 Å². The quantitative estimate of drug-likeness (QED) is 0.0282. The number of hydrogen-bond acceptors (Lipinski definition) is 4. The monoisotopic (exact) mass is 832 g/mol. The lowest BCUT2D eigenvalue weighted by Gasteiger charge is -2.13. The van der Waals surface area contributed by atoms with Crippen molar-refractivity contribution in [1.29, 1.82) is 0 Å². The van der Waals surface area contributed by atoms with Gasteiger partial charge in [-0.05, 0) is 38.1 Å². The molecule has 0 bridgehead atoms. The van der Waals surface area contributed by atoms with Gasteiger partial charge in [0.2, 0.25) is 0 Å². The van der Waals surface area contributed by atoms with Crippen LogP contribution >= 0.6 is 47.0 Å². The van der Waals surface area contributed by atoms with Gasteiger partial charge in [0.25, 0.3) is 0 Å². The lowest BCUT2D eigenvalue weighted by atomic mass is 10.0. The Morgan fingerprint density at radius 3 is 0.860 bits per heavy atom. The number of allylic oxidation sites excluding steroid dienone is 2. The Balaban J connectivity index is -0.000000179. The molecule has 0 heterocycles. The van der Waals surface area contributed by atoms with Crippen molar-refractivity contribution >= 4 is 62.7 Å². The number of rotatable bonds is 36. The van der Waals surface area contributed by atoms with Crippen molar-refractivity contribution in [3.8, 4) is 0 Å². The Labute approximate surface area is 334 Å². The highest BCUT2D eigenvalue weighted by Crippen LogP contribution is 2.24. The minimum atomic E-state index is -3.29. The van der Waals surface area contributed by atoms with Crippen LogP contribution in [0.1, 0.15) is 193 Å². The molecule has 0 aromatic rings. The van der Waals surface area contributed by atoms with Gasteiger partial charge in [0.15, 0.2) is 0 Å². The summed E-state index contributed by atoms with van der Waals surface area (Å²) in [5, 5.41) is 0. The summed E-state index contributed by atoms with van der Waals surface area (Å²) in [6.45, 7) is 5.17. The van der Waals surface area contributed by atoms with E-state index in [2.05, 4.69) is 13.2 Å². The van der Waals surface area contributed by atoms with Gasteiger partial charge < -0.3 is 29.4 Å². The molecule has 0 saturated heterocycles. The Bertz CT molecular complexity index is 586. The topological polar surface area (TPSA) is 122 Å². The largest absolute Gasteiger partial charge is 0.495 e. The molecule has 0 atom stereocenters. The molecular formula is C38H84Cl4O6Si2. The highest BCUT2D eigenvalue weighted by Gasteiger charge is 2.29. The predicted molar refractivity (Wildman–Crippen MR) is 232 cm³/mol. The number of halogens is 4. The van der Waals surface area contributed by atoms with E-state index in [0.29, 0.717) is 6.04 Å². The Hall–Kier alpha value is 0.834. The fourth-order valence-corrected chi connectivity index (χ4v) is 8.29. The zero-order chi connectivity index (χ0) is 34.5. The van der Waals surface area contributed by atoms with E-state index < -0.39 is 15.7 Å². The minimum Gasteiger partial charge on any atom is -0.412 e. The van der Waals surface area contributed by atoms with Gasteiger partial charge in [-0.1, -0.05) is 173 Å². The molecule has 0 saturated carbocycles. The van der Waals surface area contributed by atoms with Crippen molar-refractivity contribution in [3.05, 3.63) is 25.3 Å². The summed E-state index contributed by atoms with van der Waals surface area (Å²) >= 11 is 12.1. The van der Waals surface area contributed by atoms with Crippen LogP contribution in [0, 0.1) is 0 Å². The molecule has 50 heavy (non-hydrogen) atoms. The van der Waals surface area contributed by atoms with Crippen LogP contribution in [0.5, 0.6) is 0 Å². The van der Waals surface area contributed by atoms with Crippen LogP contribution in [0.4, 0.5) is 0 Å². The van der Waals surface area contributed by atoms with Crippen molar-refractivity contribution < 1.29 is 29.4 Å². The summed E-state index contributed by atoms with van der Waals surface area (Å²) in [5.74, 6) is 0. The van der Waals surface area contributed by atoms with Crippen LogP contribution in [0.3, 0.4) is 0 Å². The molecule has 0 unspecified atom stereocenters. The van der Waals surface area contributed by atoms with Crippen LogP contribution in [0.2, 0.25) is 12.1 Å². The molecule has 0 radical (unpaired) electrons. The first kappa shape index (κ1) is 62.8.